The van der Waals surface area contributed by atoms with Gasteiger partial charge in [-0.2, -0.15) is 0 Å². The van der Waals surface area contributed by atoms with Gasteiger partial charge in [-0.05, 0) is 115 Å². The second-order valence-corrected chi connectivity index (χ2v) is 24.3. The molecule has 3 aliphatic rings. The first-order valence-electron chi connectivity index (χ1n) is 29.4. The monoisotopic (exact) mass is 1150 g/mol. The topological polar surface area (TPSA) is 279 Å². The van der Waals surface area contributed by atoms with Gasteiger partial charge >= 0.3 is 11.9 Å². The van der Waals surface area contributed by atoms with Gasteiger partial charge in [0.2, 0.25) is 35.4 Å². The van der Waals surface area contributed by atoms with Crippen LogP contribution >= 0.6 is 0 Å². The van der Waals surface area contributed by atoms with Gasteiger partial charge in [0.25, 0.3) is 5.91 Å². The van der Waals surface area contributed by atoms with Crippen molar-refractivity contribution in [1.29, 1.82) is 0 Å². The quantitative estimate of drug-likeness (QED) is 0.136. The maximum absolute atomic E-state index is 15.8. The highest BCUT2D eigenvalue weighted by Gasteiger charge is 2.48. The molecule has 460 valence electrons. The molecule has 22 nitrogen and oxygen atoms in total. The van der Waals surface area contributed by atoms with Crippen LogP contribution in [0.25, 0.3) is 0 Å². The van der Waals surface area contributed by atoms with E-state index in [0.717, 1.165) is 0 Å². The molecule has 3 fully saturated rings. The van der Waals surface area contributed by atoms with Crippen LogP contribution in [0.2, 0.25) is 0 Å². The number of ether oxygens (including phenoxy) is 3. The van der Waals surface area contributed by atoms with Crippen molar-refractivity contribution in [3.8, 4) is 5.75 Å². The Balaban J connectivity index is 1.97. The minimum absolute atomic E-state index is 0.0725. The highest BCUT2D eigenvalue weighted by molar-refractivity contribution is 6.05. The Hall–Kier alpha value is -6.16. The van der Waals surface area contributed by atoms with E-state index in [1.165, 1.54) is 66.5 Å². The Morgan fingerprint density at radius 3 is 2.02 bits per heavy atom. The predicted molar refractivity (Wildman–Crippen MR) is 304 cm³/mol. The zero-order valence-electron chi connectivity index (χ0n) is 51.3. The molecule has 3 heterocycles. The van der Waals surface area contributed by atoms with Gasteiger partial charge in [0, 0.05) is 39.6 Å². The van der Waals surface area contributed by atoms with E-state index in [9.17, 15) is 39.0 Å². The Morgan fingerprint density at radius 2 is 1.48 bits per heavy atom. The van der Waals surface area contributed by atoms with Gasteiger partial charge in [-0.3, -0.25) is 43.2 Å². The first-order valence-corrected chi connectivity index (χ1v) is 29.4. The average molecular weight is 1150 g/mol. The van der Waals surface area contributed by atoms with Crippen LogP contribution in [-0.2, 0) is 63.8 Å². The van der Waals surface area contributed by atoms with Crippen molar-refractivity contribution >= 4 is 59.1 Å². The number of cyclic esters (lactones) is 2. The standard InChI is InChI=1S/C60H95N7O15/c1-17-36(10)50-47(69)31-48(70)82-52(34(6)7)51(71)37(11)53(72)61-42(28-32(2)3)56(75)66-27-19-21-44(66)58(77)64(15)46(30-40-22-24-41(80-16)25-23-40)60(79)81-39(13)49(59(78)67(50)35(8)9)62-54(73)45(29-33(4)5)63(14)57(76)43-20-18-26-65(43)55(74)38(12)68/h22-25,32-39,42-47,49-50,52,68-69H,17-21,26-31H2,1-16H3,(H,61,72)(H,62,73)/t36-,37-,38-,39+,42-,43-,44-,45+,46-,47-,49-,50-,52-/m0/s1. The summed E-state index contributed by atoms with van der Waals surface area (Å²) >= 11 is 0. The number of carbonyl (C=O) groups is 10. The second-order valence-electron chi connectivity index (χ2n) is 24.3. The molecule has 0 aromatic heterocycles. The number of esters is 2. The van der Waals surface area contributed by atoms with E-state index in [4.69, 9.17) is 14.2 Å². The summed E-state index contributed by atoms with van der Waals surface area (Å²) in [5.74, 6) is -10.1. The van der Waals surface area contributed by atoms with Crippen molar-refractivity contribution in [3.05, 3.63) is 29.8 Å². The molecule has 3 saturated heterocycles. The fraction of sp³-hybridized carbons (Fsp3) is 0.733. The lowest BCUT2D eigenvalue weighted by Crippen LogP contribution is -2.64. The molecule has 0 unspecified atom stereocenters. The molecule has 7 amide bonds. The van der Waals surface area contributed by atoms with Crippen LogP contribution in [-0.4, -0.2) is 201 Å². The molecule has 1 aromatic rings. The van der Waals surface area contributed by atoms with Crippen LogP contribution in [0, 0.1) is 29.6 Å². The normalized spacial score (nSPS) is 27.3. The smallest absolute Gasteiger partial charge is 0.329 e. The van der Waals surface area contributed by atoms with E-state index in [1.807, 2.05) is 34.6 Å². The van der Waals surface area contributed by atoms with Crippen LogP contribution in [0.5, 0.6) is 5.75 Å². The maximum atomic E-state index is 15.8. The van der Waals surface area contributed by atoms with Crippen LogP contribution in [0.4, 0.5) is 0 Å². The number of carbonyl (C=O) groups excluding carboxylic acids is 10. The number of methoxy groups -OCH3 is 1. The molecule has 0 saturated carbocycles. The number of likely N-dealkylation sites (tertiary alicyclic amines) is 1. The average Bonchev–Trinajstić information content (AvgIpc) is 4.15. The van der Waals surface area contributed by atoms with Gasteiger partial charge in [-0.15, -0.1) is 0 Å². The van der Waals surface area contributed by atoms with Crippen molar-refractivity contribution in [1.82, 2.24) is 35.1 Å². The number of nitrogens with zero attached hydrogens (tertiary/aromatic N) is 5. The van der Waals surface area contributed by atoms with E-state index in [2.05, 4.69) is 10.6 Å². The van der Waals surface area contributed by atoms with Crippen molar-refractivity contribution in [2.24, 2.45) is 29.6 Å². The van der Waals surface area contributed by atoms with Crippen molar-refractivity contribution in [2.45, 2.75) is 221 Å². The highest BCUT2D eigenvalue weighted by Crippen LogP contribution is 2.29. The van der Waals surface area contributed by atoms with E-state index in [0.29, 0.717) is 30.6 Å². The number of aliphatic hydroxyl groups is 2. The third-order valence-corrected chi connectivity index (χ3v) is 16.2. The number of ketones is 1. The third kappa shape index (κ3) is 17.0. The minimum Gasteiger partial charge on any atom is -0.497 e. The van der Waals surface area contributed by atoms with E-state index < -0.39 is 156 Å². The minimum atomic E-state index is -1.76. The van der Waals surface area contributed by atoms with Crippen LogP contribution < -0.4 is 15.4 Å². The Bertz CT molecular complexity index is 2410. The van der Waals surface area contributed by atoms with Crippen LogP contribution in [0.3, 0.4) is 0 Å². The van der Waals surface area contributed by atoms with Gasteiger partial charge in [-0.25, -0.2) is 4.79 Å². The number of hydrogen-bond donors (Lipinski definition) is 4. The number of hydrogen-bond acceptors (Lipinski definition) is 15. The summed E-state index contributed by atoms with van der Waals surface area (Å²) in [6, 6.07) is -2.90. The molecule has 3 aliphatic heterocycles. The van der Waals surface area contributed by atoms with Gasteiger partial charge < -0.3 is 59.6 Å². The fourth-order valence-electron chi connectivity index (χ4n) is 11.4. The summed E-state index contributed by atoms with van der Waals surface area (Å²) < 4.78 is 17.5. The molecule has 4 rings (SSSR count). The van der Waals surface area contributed by atoms with Crippen molar-refractivity contribution in [3.63, 3.8) is 0 Å². The summed E-state index contributed by atoms with van der Waals surface area (Å²) in [4.78, 5) is 152. The summed E-state index contributed by atoms with van der Waals surface area (Å²) in [7, 11) is 4.33. The van der Waals surface area contributed by atoms with E-state index >= 15 is 19.2 Å². The molecule has 0 radical (unpaired) electrons. The number of amides is 7. The van der Waals surface area contributed by atoms with Gasteiger partial charge in [0.15, 0.2) is 11.9 Å². The maximum Gasteiger partial charge on any atom is 0.329 e. The zero-order valence-corrected chi connectivity index (χ0v) is 51.3. The number of aliphatic hydroxyl groups excluding tert-OH is 2. The Morgan fingerprint density at radius 1 is 0.854 bits per heavy atom. The number of rotatable bonds is 16. The molecule has 13 atom stereocenters. The second kappa shape index (κ2) is 30.4. The number of nitrogens with one attached hydrogen (secondary N) is 2. The summed E-state index contributed by atoms with van der Waals surface area (Å²) in [6.07, 6.45) is -4.99. The first kappa shape index (κ1) is 68.3. The molecule has 0 spiro atoms. The molecule has 0 bridgehead atoms. The zero-order chi connectivity index (χ0) is 61.8. The van der Waals surface area contributed by atoms with Gasteiger partial charge in [-0.1, -0.05) is 73.9 Å². The molecule has 1 aromatic carbocycles. The first-order chi connectivity index (χ1) is 38.4. The van der Waals surface area contributed by atoms with Gasteiger partial charge in [0.05, 0.1) is 31.6 Å². The largest absolute Gasteiger partial charge is 0.497 e. The lowest BCUT2D eigenvalue weighted by atomic mass is 9.89. The number of Topliss-reactive ketones (excluding diaryl/α,β-unsaturated/α-hetero) is 1. The number of fused-ring (bicyclic) bond motifs is 1. The lowest BCUT2D eigenvalue weighted by molar-refractivity contribution is -0.166. The molecule has 0 aliphatic carbocycles. The van der Waals surface area contributed by atoms with Gasteiger partial charge in [0.1, 0.15) is 54.2 Å². The van der Waals surface area contributed by atoms with Crippen LogP contribution in [0.1, 0.15) is 147 Å². The fourth-order valence-corrected chi connectivity index (χ4v) is 11.4. The molecular weight excluding hydrogens is 1060 g/mol. The SMILES string of the molecule is CC[C@H](C)[C@H]1[C@@H](O)CC(=O)O[C@@H](C(C)C)C(=O)[C@H](C)C(=O)N[C@@H](CC(C)C)C(=O)N2CCC[C@H]2C(=O)N(C)[C@@H](Cc2ccc(OC)cc2)C(=O)O[C@H](C)[C@H](NC(=O)[C@@H](CC(C)C)N(C)C(=O)[C@@H]2CCCN2C(=O)[C@H](C)O)C(=O)N1C(C)C. The van der Waals surface area contributed by atoms with Crippen molar-refractivity contribution < 1.29 is 72.4 Å². The Labute approximate surface area is 485 Å². The number of benzene rings is 1. The van der Waals surface area contributed by atoms with E-state index in [-0.39, 0.29) is 57.0 Å². The Kier molecular flexibility index (Phi) is 25.3. The number of likely N-dealkylation sites (N-methyl/N-ethyl adjacent to an activating group) is 2. The molecular formula is C60H95N7O15. The van der Waals surface area contributed by atoms with Crippen LogP contribution in [0.15, 0.2) is 24.3 Å². The molecule has 4 N–H and O–H groups in total. The predicted octanol–water partition coefficient (Wildman–Crippen LogP) is 3.44. The lowest BCUT2D eigenvalue weighted by Gasteiger charge is -2.43. The highest BCUT2D eigenvalue weighted by atomic mass is 16.6. The van der Waals surface area contributed by atoms with E-state index in [1.54, 1.807) is 58.9 Å². The third-order valence-electron chi connectivity index (χ3n) is 16.2. The molecule has 22 heteroatoms. The van der Waals surface area contributed by atoms with Crippen molar-refractivity contribution in [2.75, 3.05) is 34.3 Å². The summed E-state index contributed by atoms with van der Waals surface area (Å²) in [5.41, 5.74) is 0.575. The summed E-state index contributed by atoms with van der Waals surface area (Å²) in [5, 5.41) is 28.1. The molecule has 82 heavy (non-hydrogen) atoms. The summed E-state index contributed by atoms with van der Waals surface area (Å²) in [6.45, 7) is 22.0.